The number of amides is 3. The Morgan fingerprint density at radius 3 is 2.54 bits per heavy atom. The smallest absolute Gasteiger partial charge is 0.322 e. The Hall–Kier alpha value is -3.28. The molecule has 2 aromatic rings. The fraction of sp³-hybridized carbons (Fsp3) is 0.200. The molecule has 136 valence electrons. The van der Waals surface area contributed by atoms with E-state index in [1.165, 1.54) is 7.11 Å². The number of hydrogen-bond donors (Lipinski definition) is 2. The van der Waals surface area contributed by atoms with Crippen molar-refractivity contribution in [2.24, 2.45) is 0 Å². The van der Waals surface area contributed by atoms with Gasteiger partial charge in [-0.05, 0) is 23.8 Å². The molecular weight excluding hydrogens is 330 g/mol. The zero-order valence-corrected chi connectivity index (χ0v) is 15.0. The van der Waals surface area contributed by atoms with E-state index in [9.17, 15) is 9.59 Å². The van der Waals surface area contributed by atoms with Crippen LogP contribution in [0.25, 0.3) is 0 Å². The van der Waals surface area contributed by atoms with Crippen LogP contribution in [0.15, 0.2) is 61.2 Å². The fourth-order valence-electron chi connectivity index (χ4n) is 2.46. The maximum atomic E-state index is 12.7. The zero-order chi connectivity index (χ0) is 18.9. The molecule has 6 nitrogen and oxygen atoms in total. The standard InChI is InChI=1S/C20H23N3O3/c1-4-12-23(14-15-8-6-5-7-9-15)20(25)22-17-13-16(19(24)21-2)10-11-18(17)26-3/h4-11,13H,1,12,14H2,2-3H3,(H,21,24)(H,22,25). The molecule has 0 saturated carbocycles. The van der Waals surface area contributed by atoms with Crippen LogP contribution in [0.1, 0.15) is 15.9 Å². The van der Waals surface area contributed by atoms with Crippen LogP contribution in [-0.4, -0.2) is 37.5 Å². The van der Waals surface area contributed by atoms with Crippen LogP contribution >= 0.6 is 0 Å². The average molecular weight is 353 g/mol. The lowest BCUT2D eigenvalue weighted by Gasteiger charge is -2.22. The van der Waals surface area contributed by atoms with Gasteiger partial charge in [-0.15, -0.1) is 6.58 Å². The Balaban J connectivity index is 2.22. The van der Waals surface area contributed by atoms with Crippen molar-refractivity contribution in [2.45, 2.75) is 6.54 Å². The highest BCUT2D eigenvalue weighted by Crippen LogP contribution is 2.26. The topological polar surface area (TPSA) is 70.7 Å². The largest absolute Gasteiger partial charge is 0.495 e. The van der Waals surface area contributed by atoms with Crippen molar-refractivity contribution in [1.29, 1.82) is 0 Å². The maximum absolute atomic E-state index is 12.7. The van der Waals surface area contributed by atoms with Gasteiger partial charge in [-0.3, -0.25) is 4.79 Å². The Labute approximate surface area is 153 Å². The molecule has 26 heavy (non-hydrogen) atoms. The molecule has 2 N–H and O–H groups in total. The third kappa shape index (κ3) is 4.86. The molecule has 0 unspecified atom stereocenters. The number of nitrogens with zero attached hydrogens (tertiary/aromatic N) is 1. The minimum atomic E-state index is -0.305. The van der Waals surface area contributed by atoms with Gasteiger partial charge in [-0.25, -0.2) is 4.79 Å². The minimum absolute atomic E-state index is 0.240. The summed E-state index contributed by atoms with van der Waals surface area (Å²) < 4.78 is 5.29. The normalized spacial score (nSPS) is 9.92. The number of nitrogens with one attached hydrogen (secondary N) is 2. The number of anilines is 1. The number of urea groups is 1. The molecule has 0 fully saturated rings. The summed E-state index contributed by atoms with van der Waals surface area (Å²) in [7, 11) is 3.06. The second-order valence-electron chi connectivity index (χ2n) is 5.58. The molecule has 0 aliphatic heterocycles. The molecule has 0 bridgehead atoms. The summed E-state index contributed by atoms with van der Waals surface area (Å²) in [5, 5.41) is 5.38. The number of carbonyl (C=O) groups is 2. The molecule has 0 atom stereocenters. The van der Waals surface area contributed by atoms with Gasteiger partial charge < -0.3 is 20.3 Å². The molecule has 0 saturated heterocycles. The van der Waals surface area contributed by atoms with Crippen LogP contribution < -0.4 is 15.4 Å². The molecule has 2 rings (SSSR count). The molecule has 3 amide bonds. The molecule has 2 aromatic carbocycles. The Morgan fingerprint density at radius 2 is 1.92 bits per heavy atom. The van der Waals surface area contributed by atoms with Crippen LogP contribution in [0.5, 0.6) is 5.75 Å². The molecule has 0 aliphatic carbocycles. The first-order valence-electron chi connectivity index (χ1n) is 8.20. The maximum Gasteiger partial charge on any atom is 0.322 e. The van der Waals surface area contributed by atoms with E-state index in [4.69, 9.17) is 4.74 Å². The molecule has 6 heteroatoms. The number of methoxy groups -OCH3 is 1. The minimum Gasteiger partial charge on any atom is -0.495 e. The lowest BCUT2D eigenvalue weighted by Crippen LogP contribution is -2.34. The van der Waals surface area contributed by atoms with Crippen molar-refractivity contribution in [2.75, 3.05) is 26.0 Å². The first-order chi connectivity index (χ1) is 12.6. The van der Waals surface area contributed by atoms with E-state index in [-0.39, 0.29) is 11.9 Å². The second kappa shape index (κ2) is 9.27. The van der Waals surface area contributed by atoms with Crippen molar-refractivity contribution < 1.29 is 14.3 Å². The Morgan fingerprint density at radius 1 is 1.19 bits per heavy atom. The van der Waals surface area contributed by atoms with E-state index >= 15 is 0 Å². The van der Waals surface area contributed by atoms with E-state index in [0.29, 0.717) is 30.1 Å². The number of hydrogen-bond acceptors (Lipinski definition) is 3. The van der Waals surface area contributed by atoms with Gasteiger partial charge >= 0.3 is 6.03 Å². The lowest BCUT2D eigenvalue weighted by molar-refractivity contribution is 0.0963. The van der Waals surface area contributed by atoms with Crippen LogP contribution in [0.2, 0.25) is 0 Å². The number of ether oxygens (including phenoxy) is 1. The van der Waals surface area contributed by atoms with Crippen molar-refractivity contribution in [1.82, 2.24) is 10.2 Å². The van der Waals surface area contributed by atoms with Crippen LogP contribution in [-0.2, 0) is 6.54 Å². The first-order valence-corrected chi connectivity index (χ1v) is 8.20. The van der Waals surface area contributed by atoms with Gasteiger partial charge in [0.2, 0.25) is 0 Å². The van der Waals surface area contributed by atoms with Gasteiger partial charge in [0.15, 0.2) is 0 Å². The van der Waals surface area contributed by atoms with Crippen molar-refractivity contribution >= 4 is 17.6 Å². The van der Waals surface area contributed by atoms with Gasteiger partial charge in [-0.1, -0.05) is 36.4 Å². The molecule has 0 radical (unpaired) electrons. The third-order valence-electron chi connectivity index (χ3n) is 3.78. The third-order valence-corrected chi connectivity index (χ3v) is 3.78. The SMILES string of the molecule is C=CCN(Cc1ccccc1)C(=O)Nc1cc(C(=O)NC)ccc1OC. The van der Waals surface area contributed by atoms with E-state index in [2.05, 4.69) is 17.2 Å². The van der Waals surface area contributed by atoms with Gasteiger partial charge in [-0.2, -0.15) is 0 Å². The van der Waals surface area contributed by atoms with Gasteiger partial charge in [0.25, 0.3) is 5.91 Å². The highest BCUT2D eigenvalue weighted by Gasteiger charge is 2.16. The molecular formula is C20H23N3O3. The zero-order valence-electron chi connectivity index (χ0n) is 15.0. The second-order valence-corrected chi connectivity index (χ2v) is 5.58. The van der Waals surface area contributed by atoms with Crippen LogP contribution in [0, 0.1) is 0 Å². The predicted octanol–water partition coefficient (Wildman–Crippen LogP) is 3.27. The van der Waals surface area contributed by atoms with Crippen molar-refractivity contribution in [3.05, 3.63) is 72.3 Å². The average Bonchev–Trinajstić information content (AvgIpc) is 2.67. The highest BCUT2D eigenvalue weighted by atomic mass is 16.5. The monoisotopic (exact) mass is 353 g/mol. The van der Waals surface area contributed by atoms with Crippen molar-refractivity contribution in [3.8, 4) is 5.75 Å². The number of carbonyl (C=O) groups excluding carboxylic acids is 2. The fourth-order valence-corrected chi connectivity index (χ4v) is 2.46. The number of benzene rings is 2. The molecule has 0 aromatic heterocycles. The summed E-state index contributed by atoms with van der Waals surface area (Å²) in [5.41, 5.74) is 1.87. The predicted molar refractivity (Wildman–Crippen MR) is 102 cm³/mol. The highest BCUT2D eigenvalue weighted by molar-refractivity contribution is 5.97. The van der Waals surface area contributed by atoms with E-state index < -0.39 is 0 Å². The van der Waals surface area contributed by atoms with E-state index in [0.717, 1.165) is 5.56 Å². The number of rotatable bonds is 7. The van der Waals surface area contributed by atoms with E-state index in [1.54, 1.807) is 36.2 Å². The molecule has 0 spiro atoms. The summed E-state index contributed by atoms with van der Waals surface area (Å²) in [6.45, 7) is 4.54. The van der Waals surface area contributed by atoms with Crippen LogP contribution in [0.3, 0.4) is 0 Å². The Bertz CT molecular complexity index is 775. The summed E-state index contributed by atoms with van der Waals surface area (Å²) in [5.74, 6) is 0.236. The van der Waals surface area contributed by atoms with E-state index in [1.807, 2.05) is 30.3 Å². The summed E-state index contributed by atoms with van der Waals surface area (Å²) in [4.78, 5) is 26.2. The van der Waals surface area contributed by atoms with Crippen LogP contribution in [0.4, 0.5) is 10.5 Å². The summed E-state index contributed by atoms with van der Waals surface area (Å²) in [6, 6.07) is 14.3. The lowest BCUT2D eigenvalue weighted by atomic mass is 10.1. The van der Waals surface area contributed by atoms with Gasteiger partial charge in [0.05, 0.1) is 12.8 Å². The first kappa shape index (κ1) is 19.1. The van der Waals surface area contributed by atoms with Gasteiger partial charge in [0.1, 0.15) is 5.75 Å². The summed E-state index contributed by atoms with van der Waals surface area (Å²) >= 11 is 0. The quantitative estimate of drug-likeness (QED) is 0.751. The van der Waals surface area contributed by atoms with Gasteiger partial charge in [0, 0.05) is 25.7 Å². The summed E-state index contributed by atoms with van der Waals surface area (Å²) in [6.07, 6.45) is 1.67. The molecule has 0 aliphatic rings. The Kier molecular flexibility index (Phi) is 6.79. The molecule has 0 heterocycles. The van der Waals surface area contributed by atoms with Crippen molar-refractivity contribution in [3.63, 3.8) is 0 Å².